The minimum absolute atomic E-state index is 0.445. The molecule has 0 radical (unpaired) electrons. The molecule has 3 heteroatoms. The zero-order valence-electron chi connectivity index (χ0n) is 9.78. The summed E-state index contributed by atoms with van der Waals surface area (Å²) in [7, 11) is 0. The van der Waals surface area contributed by atoms with Crippen LogP contribution in [-0.2, 0) is 6.42 Å². The average Bonchev–Trinajstić information content (AvgIpc) is 2.83. The van der Waals surface area contributed by atoms with E-state index in [4.69, 9.17) is 0 Å². The van der Waals surface area contributed by atoms with Gasteiger partial charge in [0.1, 0.15) is 6.10 Å². The van der Waals surface area contributed by atoms with E-state index in [1.807, 2.05) is 0 Å². The molecule has 0 aliphatic rings. The Morgan fingerprint density at radius 1 is 1.38 bits per heavy atom. The monoisotopic (exact) mass is 252 g/mol. The first-order valence-electron chi connectivity index (χ1n) is 5.44. The first-order valence-corrected chi connectivity index (χ1v) is 7.14. The topological polar surface area (TPSA) is 20.2 Å². The van der Waals surface area contributed by atoms with Gasteiger partial charge in [-0.1, -0.05) is 6.92 Å². The van der Waals surface area contributed by atoms with Crippen LogP contribution in [0.3, 0.4) is 0 Å². The number of thiophene rings is 2. The van der Waals surface area contributed by atoms with Crippen LogP contribution >= 0.6 is 22.7 Å². The molecule has 0 aromatic carbocycles. The largest absolute Gasteiger partial charge is 0.383 e. The summed E-state index contributed by atoms with van der Waals surface area (Å²) < 4.78 is 0. The van der Waals surface area contributed by atoms with Crippen LogP contribution in [-0.4, -0.2) is 5.11 Å². The summed E-state index contributed by atoms with van der Waals surface area (Å²) in [6, 6.07) is 4.21. The van der Waals surface area contributed by atoms with Gasteiger partial charge in [-0.2, -0.15) is 0 Å². The minimum atomic E-state index is -0.445. The van der Waals surface area contributed by atoms with Crippen LogP contribution in [0.2, 0.25) is 0 Å². The third-order valence-corrected chi connectivity index (χ3v) is 4.78. The number of hydrogen-bond donors (Lipinski definition) is 1. The second-order valence-corrected chi connectivity index (χ2v) is 6.34. The Morgan fingerprint density at radius 2 is 2.12 bits per heavy atom. The zero-order chi connectivity index (χ0) is 11.7. The molecule has 0 aliphatic carbocycles. The van der Waals surface area contributed by atoms with Crippen molar-refractivity contribution in [3.05, 3.63) is 43.3 Å². The molecule has 2 aromatic rings. The predicted molar refractivity (Wildman–Crippen MR) is 71.6 cm³/mol. The fraction of sp³-hybridized carbons (Fsp3) is 0.385. The molecule has 1 nitrogen and oxygen atoms in total. The smallest absolute Gasteiger partial charge is 0.115 e. The Labute approximate surface area is 104 Å². The maximum atomic E-state index is 10.4. The third kappa shape index (κ3) is 2.08. The molecule has 16 heavy (non-hydrogen) atoms. The third-order valence-electron chi connectivity index (χ3n) is 2.78. The second kappa shape index (κ2) is 4.70. The Hall–Kier alpha value is -0.640. The van der Waals surface area contributed by atoms with E-state index in [0.717, 1.165) is 16.9 Å². The van der Waals surface area contributed by atoms with Crippen molar-refractivity contribution >= 4 is 22.7 Å². The maximum Gasteiger partial charge on any atom is 0.115 e. The van der Waals surface area contributed by atoms with E-state index in [1.165, 1.54) is 15.3 Å². The number of rotatable bonds is 3. The molecule has 0 fully saturated rings. The standard InChI is InChI=1S/C13H16OS2/c1-4-10-5-6-15-13(10)12(14)11-7-8(2)16-9(11)3/h5-7,12,14H,4H2,1-3H3. The van der Waals surface area contributed by atoms with Crippen molar-refractivity contribution in [3.8, 4) is 0 Å². The van der Waals surface area contributed by atoms with Crippen molar-refractivity contribution in [1.82, 2.24) is 0 Å². The van der Waals surface area contributed by atoms with E-state index >= 15 is 0 Å². The highest BCUT2D eigenvalue weighted by Crippen LogP contribution is 2.34. The van der Waals surface area contributed by atoms with E-state index in [9.17, 15) is 5.11 Å². The van der Waals surface area contributed by atoms with Crippen LogP contribution in [0.5, 0.6) is 0 Å². The van der Waals surface area contributed by atoms with Gasteiger partial charge in [0.05, 0.1) is 0 Å². The summed E-state index contributed by atoms with van der Waals surface area (Å²) in [5, 5.41) is 12.5. The summed E-state index contributed by atoms with van der Waals surface area (Å²) in [6.45, 7) is 6.29. The Morgan fingerprint density at radius 3 is 2.69 bits per heavy atom. The van der Waals surface area contributed by atoms with Crippen molar-refractivity contribution < 1.29 is 5.11 Å². The van der Waals surface area contributed by atoms with E-state index in [0.29, 0.717) is 0 Å². The van der Waals surface area contributed by atoms with Gasteiger partial charge in [-0.3, -0.25) is 0 Å². The maximum absolute atomic E-state index is 10.4. The van der Waals surface area contributed by atoms with Gasteiger partial charge >= 0.3 is 0 Å². The first kappa shape index (κ1) is 11.8. The summed E-state index contributed by atoms with van der Waals surface area (Å²) in [5.74, 6) is 0. The zero-order valence-corrected chi connectivity index (χ0v) is 11.4. The Kier molecular flexibility index (Phi) is 3.47. The molecule has 1 atom stereocenters. The molecular formula is C13H16OS2. The average molecular weight is 252 g/mol. The molecule has 0 bridgehead atoms. The molecule has 0 saturated heterocycles. The number of hydrogen-bond acceptors (Lipinski definition) is 3. The van der Waals surface area contributed by atoms with Crippen molar-refractivity contribution in [3.63, 3.8) is 0 Å². The normalized spacial score (nSPS) is 13.0. The summed E-state index contributed by atoms with van der Waals surface area (Å²) in [6.07, 6.45) is 0.540. The van der Waals surface area contributed by atoms with E-state index < -0.39 is 6.10 Å². The molecule has 0 spiro atoms. The summed E-state index contributed by atoms with van der Waals surface area (Å²) in [4.78, 5) is 3.59. The lowest BCUT2D eigenvalue weighted by Gasteiger charge is -2.10. The van der Waals surface area contributed by atoms with Gasteiger partial charge in [-0.25, -0.2) is 0 Å². The molecule has 0 saturated carbocycles. The molecule has 1 N–H and O–H groups in total. The van der Waals surface area contributed by atoms with Crippen LogP contribution in [0.15, 0.2) is 17.5 Å². The number of aliphatic hydroxyl groups is 1. The lowest BCUT2D eigenvalue weighted by Crippen LogP contribution is -1.99. The molecule has 0 aliphatic heterocycles. The summed E-state index contributed by atoms with van der Waals surface area (Å²) in [5.41, 5.74) is 2.33. The van der Waals surface area contributed by atoms with Crippen molar-refractivity contribution in [2.45, 2.75) is 33.3 Å². The Balaban J connectivity index is 2.38. The van der Waals surface area contributed by atoms with Crippen molar-refractivity contribution in [2.24, 2.45) is 0 Å². The van der Waals surface area contributed by atoms with Gasteiger partial charge in [-0.15, -0.1) is 22.7 Å². The fourth-order valence-electron chi connectivity index (χ4n) is 1.94. The van der Waals surface area contributed by atoms with E-state index in [2.05, 4.69) is 38.3 Å². The molecule has 2 heterocycles. The van der Waals surface area contributed by atoms with Crippen LogP contribution in [0.25, 0.3) is 0 Å². The lowest BCUT2D eigenvalue weighted by molar-refractivity contribution is 0.223. The fourth-order valence-corrected chi connectivity index (χ4v) is 3.90. The second-order valence-electron chi connectivity index (χ2n) is 3.93. The van der Waals surface area contributed by atoms with Gasteiger partial charge in [0.2, 0.25) is 0 Å². The van der Waals surface area contributed by atoms with Gasteiger partial charge in [0, 0.05) is 14.6 Å². The molecular weight excluding hydrogens is 236 g/mol. The number of aliphatic hydroxyl groups excluding tert-OH is 1. The van der Waals surface area contributed by atoms with Crippen LogP contribution in [0, 0.1) is 13.8 Å². The first-order chi connectivity index (χ1) is 7.63. The molecule has 2 aromatic heterocycles. The SMILES string of the molecule is CCc1ccsc1C(O)c1cc(C)sc1C. The van der Waals surface area contributed by atoms with Crippen molar-refractivity contribution in [2.75, 3.05) is 0 Å². The molecule has 0 amide bonds. The highest BCUT2D eigenvalue weighted by atomic mass is 32.1. The Bertz CT molecular complexity index is 482. The lowest BCUT2D eigenvalue weighted by atomic mass is 10.0. The van der Waals surface area contributed by atoms with Gasteiger partial charge in [0.15, 0.2) is 0 Å². The highest BCUT2D eigenvalue weighted by Gasteiger charge is 2.18. The molecule has 2 rings (SSSR count). The van der Waals surface area contributed by atoms with E-state index in [1.54, 1.807) is 22.7 Å². The van der Waals surface area contributed by atoms with Gasteiger partial charge < -0.3 is 5.11 Å². The molecule has 1 unspecified atom stereocenters. The van der Waals surface area contributed by atoms with Crippen LogP contribution < -0.4 is 0 Å². The quantitative estimate of drug-likeness (QED) is 0.873. The minimum Gasteiger partial charge on any atom is -0.383 e. The van der Waals surface area contributed by atoms with Gasteiger partial charge in [-0.05, 0) is 48.9 Å². The van der Waals surface area contributed by atoms with E-state index in [-0.39, 0.29) is 0 Å². The predicted octanol–water partition coefficient (Wildman–Crippen LogP) is 4.07. The summed E-state index contributed by atoms with van der Waals surface area (Å²) >= 11 is 3.40. The van der Waals surface area contributed by atoms with Crippen molar-refractivity contribution in [1.29, 1.82) is 0 Å². The number of aryl methyl sites for hydroxylation is 3. The van der Waals surface area contributed by atoms with Gasteiger partial charge in [0.25, 0.3) is 0 Å². The molecule has 86 valence electrons. The highest BCUT2D eigenvalue weighted by molar-refractivity contribution is 7.12. The van der Waals surface area contributed by atoms with Crippen LogP contribution in [0.4, 0.5) is 0 Å². The van der Waals surface area contributed by atoms with Crippen LogP contribution in [0.1, 0.15) is 38.8 Å².